The molecule has 4 rings (SSSR count). The van der Waals surface area contributed by atoms with Gasteiger partial charge in [0.2, 0.25) is 0 Å². The number of thiazole rings is 1. The van der Waals surface area contributed by atoms with Gasteiger partial charge in [-0.2, -0.15) is 0 Å². The third kappa shape index (κ3) is 4.63. The van der Waals surface area contributed by atoms with E-state index in [1.807, 2.05) is 12.1 Å². The Labute approximate surface area is 189 Å². The fraction of sp³-hybridized carbons (Fsp3) is 0.391. The van der Waals surface area contributed by atoms with E-state index in [4.69, 9.17) is 0 Å². The summed E-state index contributed by atoms with van der Waals surface area (Å²) < 4.78 is 13.5. The molecule has 1 fully saturated rings. The molecule has 32 heavy (non-hydrogen) atoms. The highest BCUT2D eigenvalue weighted by atomic mass is 32.1. The van der Waals surface area contributed by atoms with Gasteiger partial charge in [0, 0.05) is 6.20 Å². The number of carboxylic acids is 1. The summed E-state index contributed by atoms with van der Waals surface area (Å²) in [6.45, 7) is 3.43. The molecular formula is C23H25FN4O3S. The Kier molecular flexibility index (Phi) is 6.21. The average molecular weight is 457 g/mol. The monoisotopic (exact) mass is 456 g/mol. The third-order valence-corrected chi connectivity index (χ3v) is 7.36. The third-order valence-electron chi connectivity index (χ3n) is 6.11. The lowest BCUT2D eigenvalue weighted by atomic mass is 9.74. The van der Waals surface area contributed by atoms with Gasteiger partial charge in [-0.25, -0.2) is 19.3 Å². The van der Waals surface area contributed by atoms with E-state index in [0.717, 1.165) is 4.88 Å². The molecule has 1 atom stereocenters. The van der Waals surface area contributed by atoms with Crippen molar-refractivity contribution in [3.63, 3.8) is 0 Å². The largest absolute Gasteiger partial charge is 0.481 e. The molecule has 3 aromatic rings. The first kappa shape index (κ1) is 22.3. The Hall–Kier alpha value is -2.91. The Morgan fingerprint density at radius 3 is 2.62 bits per heavy atom. The minimum absolute atomic E-state index is 0.0362. The van der Waals surface area contributed by atoms with E-state index in [1.165, 1.54) is 17.5 Å². The molecule has 3 heterocycles. The molecule has 0 amide bonds. The number of aromatic nitrogens is 3. The van der Waals surface area contributed by atoms with Crippen molar-refractivity contribution in [2.24, 2.45) is 11.8 Å². The van der Waals surface area contributed by atoms with E-state index < -0.39 is 11.6 Å². The molecule has 7 nitrogen and oxygen atoms in total. The molecule has 0 bridgehead atoms. The topological polar surface area (TPSA) is 108 Å². The number of carboxylic acid groups (broad SMARTS) is 1. The van der Waals surface area contributed by atoms with Crippen molar-refractivity contribution in [2.45, 2.75) is 45.1 Å². The number of anilines is 2. The zero-order valence-electron chi connectivity index (χ0n) is 17.9. The molecule has 9 heteroatoms. The SMILES string of the molecule is Cc1cc(Nc2cccc(-c3cnc(C(C)(O)C4CCC(C(=O)O)CC4)s3)n2)ncc1F. The van der Waals surface area contributed by atoms with Crippen LogP contribution in [0.1, 0.15) is 43.2 Å². The number of hydrogen-bond acceptors (Lipinski definition) is 7. The maximum Gasteiger partial charge on any atom is 0.306 e. The maximum absolute atomic E-state index is 13.5. The molecule has 1 aliphatic rings. The van der Waals surface area contributed by atoms with Crippen LogP contribution >= 0.6 is 11.3 Å². The van der Waals surface area contributed by atoms with E-state index in [-0.39, 0.29) is 17.7 Å². The fourth-order valence-corrected chi connectivity index (χ4v) is 5.09. The van der Waals surface area contributed by atoms with Crippen LogP contribution in [0.3, 0.4) is 0 Å². The molecule has 168 valence electrons. The van der Waals surface area contributed by atoms with Crippen molar-refractivity contribution >= 4 is 28.9 Å². The Balaban J connectivity index is 1.50. The van der Waals surface area contributed by atoms with Crippen LogP contribution in [0.5, 0.6) is 0 Å². The number of halogens is 1. The van der Waals surface area contributed by atoms with Crippen LogP contribution in [0.4, 0.5) is 16.0 Å². The van der Waals surface area contributed by atoms with Crippen LogP contribution in [-0.2, 0) is 10.4 Å². The predicted molar refractivity (Wildman–Crippen MR) is 120 cm³/mol. The average Bonchev–Trinajstić information content (AvgIpc) is 3.28. The molecule has 0 radical (unpaired) electrons. The van der Waals surface area contributed by atoms with Crippen molar-refractivity contribution in [3.8, 4) is 10.6 Å². The molecule has 1 saturated carbocycles. The van der Waals surface area contributed by atoms with Crippen LogP contribution in [-0.4, -0.2) is 31.1 Å². The summed E-state index contributed by atoms with van der Waals surface area (Å²) >= 11 is 1.38. The zero-order chi connectivity index (χ0) is 22.9. The minimum atomic E-state index is -1.13. The van der Waals surface area contributed by atoms with Gasteiger partial charge >= 0.3 is 5.97 Å². The molecular weight excluding hydrogens is 431 g/mol. The Bertz CT molecular complexity index is 1130. The smallest absolute Gasteiger partial charge is 0.306 e. The summed E-state index contributed by atoms with van der Waals surface area (Å²) in [4.78, 5) is 25.1. The number of aliphatic carboxylic acids is 1. The summed E-state index contributed by atoms with van der Waals surface area (Å²) in [6, 6.07) is 7.12. The van der Waals surface area contributed by atoms with Crippen molar-refractivity contribution < 1.29 is 19.4 Å². The quantitative estimate of drug-likeness (QED) is 0.485. The molecule has 1 unspecified atom stereocenters. The summed E-state index contributed by atoms with van der Waals surface area (Å²) in [5.74, 6) is -0.421. The van der Waals surface area contributed by atoms with Crippen molar-refractivity contribution in [1.29, 1.82) is 0 Å². The molecule has 0 aliphatic heterocycles. The highest BCUT2D eigenvalue weighted by Gasteiger charge is 2.40. The van der Waals surface area contributed by atoms with Crippen LogP contribution < -0.4 is 5.32 Å². The van der Waals surface area contributed by atoms with Crippen molar-refractivity contribution in [3.05, 3.63) is 53.0 Å². The lowest BCUT2D eigenvalue weighted by Gasteiger charge is -2.35. The van der Waals surface area contributed by atoms with Gasteiger partial charge in [0.25, 0.3) is 0 Å². The number of hydrogen-bond donors (Lipinski definition) is 3. The number of aliphatic hydroxyl groups is 1. The number of aryl methyl sites for hydroxylation is 1. The van der Waals surface area contributed by atoms with Gasteiger partial charge in [0.05, 0.1) is 22.7 Å². The van der Waals surface area contributed by atoms with Crippen LogP contribution in [0.25, 0.3) is 10.6 Å². The zero-order valence-corrected chi connectivity index (χ0v) is 18.7. The molecule has 0 saturated heterocycles. The minimum Gasteiger partial charge on any atom is -0.481 e. The first-order valence-corrected chi connectivity index (χ1v) is 11.3. The Morgan fingerprint density at radius 2 is 1.94 bits per heavy atom. The number of nitrogens with one attached hydrogen (secondary N) is 1. The van der Waals surface area contributed by atoms with Crippen LogP contribution in [0.2, 0.25) is 0 Å². The van der Waals surface area contributed by atoms with Gasteiger partial charge in [0.1, 0.15) is 28.1 Å². The fourth-order valence-electron chi connectivity index (χ4n) is 4.08. The van der Waals surface area contributed by atoms with Gasteiger partial charge in [-0.1, -0.05) is 6.07 Å². The van der Waals surface area contributed by atoms with Gasteiger partial charge in [-0.05, 0) is 69.2 Å². The number of carbonyl (C=O) groups is 1. The van der Waals surface area contributed by atoms with Gasteiger partial charge < -0.3 is 15.5 Å². The molecule has 0 spiro atoms. The number of rotatable bonds is 6. The molecule has 1 aliphatic carbocycles. The van der Waals surface area contributed by atoms with Gasteiger partial charge in [0.15, 0.2) is 0 Å². The van der Waals surface area contributed by atoms with Crippen LogP contribution in [0.15, 0.2) is 36.7 Å². The maximum atomic E-state index is 13.5. The molecule has 3 N–H and O–H groups in total. The van der Waals surface area contributed by atoms with E-state index in [9.17, 15) is 19.4 Å². The van der Waals surface area contributed by atoms with Crippen LogP contribution in [0, 0.1) is 24.6 Å². The first-order chi connectivity index (χ1) is 15.2. The first-order valence-electron chi connectivity index (χ1n) is 10.5. The second-order valence-electron chi connectivity index (χ2n) is 8.42. The Morgan fingerprint density at radius 1 is 1.19 bits per heavy atom. The van der Waals surface area contributed by atoms with Gasteiger partial charge in [-0.3, -0.25) is 4.79 Å². The lowest BCUT2D eigenvalue weighted by molar-refractivity contribution is -0.144. The molecule has 0 aromatic carbocycles. The van der Waals surface area contributed by atoms with Crippen molar-refractivity contribution in [1.82, 2.24) is 15.0 Å². The predicted octanol–water partition coefficient (Wildman–Crippen LogP) is 4.89. The highest BCUT2D eigenvalue weighted by Crippen LogP contribution is 2.43. The number of nitrogens with zero attached hydrogens (tertiary/aromatic N) is 3. The summed E-state index contributed by atoms with van der Waals surface area (Å²) in [7, 11) is 0. The standard InChI is InChI=1S/C23H25FN4O3S/c1-13-10-20(25-11-16(13)24)28-19-5-3-4-17(27-19)18-12-26-22(32-18)23(2,31)15-8-6-14(7-9-15)21(29)30/h3-5,10-12,14-15,31H,6-9H2,1-2H3,(H,29,30)(H,25,27,28). The second kappa shape index (κ2) is 8.91. The highest BCUT2D eigenvalue weighted by molar-refractivity contribution is 7.15. The van der Waals surface area contributed by atoms with Crippen molar-refractivity contribution in [2.75, 3.05) is 5.32 Å². The van der Waals surface area contributed by atoms with E-state index in [2.05, 4.69) is 20.3 Å². The van der Waals surface area contributed by atoms with E-state index >= 15 is 0 Å². The lowest BCUT2D eigenvalue weighted by Crippen LogP contribution is -2.35. The molecule has 3 aromatic heterocycles. The summed E-state index contributed by atoms with van der Waals surface area (Å²) in [6.07, 6.45) is 5.31. The second-order valence-corrected chi connectivity index (χ2v) is 9.45. The van der Waals surface area contributed by atoms with E-state index in [0.29, 0.717) is 53.6 Å². The van der Waals surface area contributed by atoms with E-state index in [1.54, 1.807) is 32.2 Å². The normalized spacial score (nSPS) is 20.5. The number of pyridine rings is 2. The summed E-state index contributed by atoms with van der Waals surface area (Å²) in [5, 5.41) is 24.1. The summed E-state index contributed by atoms with van der Waals surface area (Å²) in [5.41, 5.74) is 0.0611. The van der Waals surface area contributed by atoms with Gasteiger partial charge in [-0.15, -0.1) is 11.3 Å².